The van der Waals surface area contributed by atoms with Crippen molar-refractivity contribution in [2.75, 3.05) is 0 Å². The Morgan fingerprint density at radius 1 is 1.25 bits per heavy atom. The standard InChI is InChI=1S/C12H11N3O/c1-8-6-13-12(16-8)9-3-4-10-7-14-15(2)11(10)5-9/h3-7H,1-2H3. The Balaban J connectivity index is 2.21. The van der Waals surface area contributed by atoms with Gasteiger partial charge in [-0.2, -0.15) is 5.10 Å². The van der Waals surface area contributed by atoms with Gasteiger partial charge in [0.05, 0.1) is 17.9 Å². The topological polar surface area (TPSA) is 43.9 Å². The quantitative estimate of drug-likeness (QED) is 0.624. The molecule has 0 amide bonds. The average Bonchev–Trinajstić information content (AvgIpc) is 2.86. The van der Waals surface area contributed by atoms with E-state index in [9.17, 15) is 0 Å². The number of nitrogens with zero attached hydrogens (tertiary/aromatic N) is 3. The van der Waals surface area contributed by atoms with Crippen molar-refractivity contribution in [2.45, 2.75) is 6.92 Å². The van der Waals surface area contributed by atoms with Gasteiger partial charge in [-0.1, -0.05) is 6.07 Å². The number of benzene rings is 1. The molecule has 0 bridgehead atoms. The van der Waals surface area contributed by atoms with E-state index in [0.717, 1.165) is 22.2 Å². The maximum absolute atomic E-state index is 5.49. The van der Waals surface area contributed by atoms with E-state index in [4.69, 9.17) is 4.42 Å². The Bertz CT molecular complexity index is 651. The van der Waals surface area contributed by atoms with Crippen LogP contribution in [0.15, 0.2) is 35.0 Å². The fourth-order valence-electron chi connectivity index (χ4n) is 1.77. The molecule has 0 aliphatic rings. The molecular formula is C12H11N3O. The Morgan fingerprint density at radius 2 is 2.12 bits per heavy atom. The Hall–Kier alpha value is -2.10. The van der Waals surface area contributed by atoms with Crippen molar-refractivity contribution in [3.05, 3.63) is 36.4 Å². The summed E-state index contributed by atoms with van der Waals surface area (Å²) in [5.41, 5.74) is 2.05. The molecule has 2 heterocycles. The first kappa shape index (κ1) is 9.15. The SMILES string of the molecule is Cc1cnc(-c2ccc3cnn(C)c3c2)o1. The van der Waals surface area contributed by atoms with Crippen LogP contribution in [0.25, 0.3) is 22.4 Å². The van der Waals surface area contributed by atoms with Crippen LogP contribution in [-0.2, 0) is 7.05 Å². The number of oxazole rings is 1. The predicted octanol–water partition coefficient (Wildman–Crippen LogP) is 2.54. The van der Waals surface area contributed by atoms with Crippen molar-refractivity contribution in [1.82, 2.24) is 14.8 Å². The lowest BCUT2D eigenvalue weighted by molar-refractivity contribution is 0.542. The molecule has 1 aromatic carbocycles. The first-order valence-electron chi connectivity index (χ1n) is 5.08. The maximum Gasteiger partial charge on any atom is 0.226 e. The highest BCUT2D eigenvalue weighted by molar-refractivity contribution is 5.82. The lowest BCUT2D eigenvalue weighted by atomic mass is 10.1. The van der Waals surface area contributed by atoms with Crippen LogP contribution in [0.3, 0.4) is 0 Å². The van der Waals surface area contributed by atoms with Gasteiger partial charge in [-0.15, -0.1) is 0 Å². The largest absolute Gasteiger partial charge is 0.441 e. The van der Waals surface area contributed by atoms with Crippen LogP contribution < -0.4 is 0 Å². The molecule has 2 aromatic heterocycles. The van der Waals surface area contributed by atoms with Crippen LogP contribution in [0, 0.1) is 6.92 Å². The fraction of sp³-hybridized carbons (Fsp3) is 0.167. The highest BCUT2D eigenvalue weighted by atomic mass is 16.4. The average molecular weight is 213 g/mol. The highest BCUT2D eigenvalue weighted by Crippen LogP contribution is 2.23. The predicted molar refractivity (Wildman–Crippen MR) is 60.9 cm³/mol. The first-order chi connectivity index (χ1) is 7.74. The van der Waals surface area contributed by atoms with Crippen molar-refractivity contribution in [3.63, 3.8) is 0 Å². The molecule has 4 heteroatoms. The molecule has 0 N–H and O–H groups in total. The molecule has 80 valence electrons. The van der Waals surface area contributed by atoms with Gasteiger partial charge in [0.15, 0.2) is 0 Å². The normalized spacial score (nSPS) is 11.1. The van der Waals surface area contributed by atoms with Crippen molar-refractivity contribution in [1.29, 1.82) is 0 Å². The molecule has 0 saturated carbocycles. The molecule has 0 aliphatic heterocycles. The number of fused-ring (bicyclic) bond motifs is 1. The fourth-order valence-corrected chi connectivity index (χ4v) is 1.77. The molecular weight excluding hydrogens is 202 g/mol. The number of rotatable bonds is 1. The van der Waals surface area contributed by atoms with Crippen LogP contribution in [0.4, 0.5) is 0 Å². The zero-order chi connectivity index (χ0) is 11.1. The summed E-state index contributed by atoms with van der Waals surface area (Å²) >= 11 is 0. The van der Waals surface area contributed by atoms with Crippen LogP contribution in [0.2, 0.25) is 0 Å². The van der Waals surface area contributed by atoms with Gasteiger partial charge in [0.25, 0.3) is 0 Å². The van der Waals surface area contributed by atoms with E-state index in [0.29, 0.717) is 5.89 Å². The van der Waals surface area contributed by atoms with Gasteiger partial charge >= 0.3 is 0 Å². The molecule has 0 radical (unpaired) electrons. The summed E-state index contributed by atoms with van der Waals surface area (Å²) in [6.45, 7) is 1.89. The van der Waals surface area contributed by atoms with E-state index >= 15 is 0 Å². The molecule has 0 saturated heterocycles. The van der Waals surface area contributed by atoms with E-state index in [1.165, 1.54) is 0 Å². The van der Waals surface area contributed by atoms with Crippen LogP contribution in [-0.4, -0.2) is 14.8 Å². The minimum Gasteiger partial charge on any atom is -0.441 e. The van der Waals surface area contributed by atoms with Crippen molar-refractivity contribution in [2.24, 2.45) is 7.05 Å². The smallest absolute Gasteiger partial charge is 0.226 e. The zero-order valence-electron chi connectivity index (χ0n) is 9.14. The highest BCUT2D eigenvalue weighted by Gasteiger charge is 2.07. The summed E-state index contributed by atoms with van der Waals surface area (Å²) < 4.78 is 7.34. The van der Waals surface area contributed by atoms with E-state index < -0.39 is 0 Å². The summed E-state index contributed by atoms with van der Waals surface area (Å²) in [5.74, 6) is 1.47. The minimum atomic E-state index is 0.653. The molecule has 0 unspecified atom stereocenters. The van der Waals surface area contributed by atoms with Gasteiger partial charge in [0.1, 0.15) is 5.76 Å². The van der Waals surface area contributed by atoms with Crippen molar-refractivity contribution in [3.8, 4) is 11.5 Å². The Morgan fingerprint density at radius 3 is 2.88 bits per heavy atom. The van der Waals surface area contributed by atoms with Gasteiger partial charge in [-0.3, -0.25) is 4.68 Å². The lowest BCUT2D eigenvalue weighted by Gasteiger charge is -1.97. The summed E-state index contributed by atoms with van der Waals surface area (Å²) in [6.07, 6.45) is 3.57. The molecule has 0 fully saturated rings. The second-order valence-corrected chi connectivity index (χ2v) is 3.82. The third-order valence-corrected chi connectivity index (χ3v) is 2.62. The molecule has 3 rings (SSSR count). The summed E-state index contributed by atoms with van der Waals surface area (Å²) in [7, 11) is 1.92. The lowest BCUT2D eigenvalue weighted by Crippen LogP contribution is -1.88. The number of hydrogen-bond acceptors (Lipinski definition) is 3. The van der Waals surface area contributed by atoms with Crippen LogP contribution in [0.1, 0.15) is 5.76 Å². The minimum absolute atomic E-state index is 0.653. The second kappa shape index (κ2) is 3.20. The van der Waals surface area contributed by atoms with E-state index in [2.05, 4.69) is 10.1 Å². The first-order valence-corrected chi connectivity index (χ1v) is 5.08. The van der Waals surface area contributed by atoms with Gasteiger partial charge < -0.3 is 4.42 Å². The molecule has 0 spiro atoms. The second-order valence-electron chi connectivity index (χ2n) is 3.82. The summed E-state index contributed by atoms with van der Waals surface area (Å²) in [5, 5.41) is 5.32. The molecule has 0 atom stereocenters. The molecule has 16 heavy (non-hydrogen) atoms. The number of hydrogen-bond donors (Lipinski definition) is 0. The summed E-state index contributed by atoms with van der Waals surface area (Å²) in [6, 6.07) is 6.06. The van der Waals surface area contributed by atoms with Gasteiger partial charge in [0.2, 0.25) is 5.89 Å². The third-order valence-electron chi connectivity index (χ3n) is 2.62. The van der Waals surface area contributed by atoms with Crippen molar-refractivity contribution >= 4 is 10.9 Å². The molecule has 0 aliphatic carbocycles. The molecule has 3 aromatic rings. The number of aryl methyl sites for hydroxylation is 2. The van der Waals surface area contributed by atoms with Gasteiger partial charge in [0, 0.05) is 18.0 Å². The monoisotopic (exact) mass is 213 g/mol. The summed E-state index contributed by atoms with van der Waals surface area (Å²) in [4.78, 5) is 4.21. The van der Waals surface area contributed by atoms with E-state index in [1.54, 1.807) is 6.20 Å². The molecule has 4 nitrogen and oxygen atoms in total. The maximum atomic E-state index is 5.49. The van der Waals surface area contributed by atoms with Gasteiger partial charge in [-0.05, 0) is 19.1 Å². The Labute approximate surface area is 92.5 Å². The number of aromatic nitrogens is 3. The van der Waals surface area contributed by atoms with Crippen LogP contribution in [0.5, 0.6) is 0 Å². The van der Waals surface area contributed by atoms with E-state index in [-0.39, 0.29) is 0 Å². The zero-order valence-corrected chi connectivity index (χ0v) is 9.14. The van der Waals surface area contributed by atoms with E-state index in [1.807, 2.05) is 43.0 Å². The third kappa shape index (κ3) is 1.31. The van der Waals surface area contributed by atoms with Crippen molar-refractivity contribution < 1.29 is 4.42 Å². The van der Waals surface area contributed by atoms with Gasteiger partial charge in [-0.25, -0.2) is 4.98 Å². The van der Waals surface area contributed by atoms with Crippen LogP contribution >= 0.6 is 0 Å². The Kier molecular flexibility index (Phi) is 1.83.